The summed E-state index contributed by atoms with van der Waals surface area (Å²) >= 11 is 12.1. The Balaban J connectivity index is 1.69. The number of halogens is 2. The van der Waals surface area contributed by atoms with E-state index in [0.29, 0.717) is 16.6 Å². The maximum atomic E-state index is 12.5. The van der Waals surface area contributed by atoms with Gasteiger partial charge < -0.3 is 4.98 Å². The molecule has 0 amide bonds. The second-order valence-electron chi connectivity index (χ2n) is 8.32. The predicted octanol–water partition coefficient (Wildman–Crippen LogP) is 6.65. The summed E-state index contributed by atoms with van der Waals surface area (Å²) in [6.07, 6.45) is 0. The van der Waals surface area contributed by atoms with Gasteiger partial charge in [0.1, 0.15) is 0 Å². The molecule has 1 N–H and O–H groups in total. The highest BCUT2D eigenvalue weighted by atomic mass is 35.5. The van der Waals surface area contributed by atoms with Crippen molar-refractivity contribution in [2.24, 2.45) is 0 Å². The molecule has 0 radical (unpaired) electrons. The van der Waals surface area contributed by atoms with Crippen LogP contribution in [0.25, 0.3) is 22.2 Å². The number of nitrogens with zero attached hydrogens (tertiary/aromatic N) is 1. The van der Waals surface area contributed by atoms with Crippen LogP contribution in [0.2, 0.25) is 10.0 Å². The Morgan fingerprint density at radius 3 is 2.21 bits per heavy atom. The van der Waals surface area contributed by atoms with Crippen LogP contribution in [-0.4, -0.2) is 9.55 Å². The van der Waals surface area contributed by atoms with E-state index in [1.54, 1.807) is 16.7 Å². The van der Waals surface area contributed by atoms with Crippen LogP contribution in [0, 0.1) is 0 Å². The van der Waals surface area contributed by atoms with Gasteiger partial charge >= 0.3 is 5.69 Å². The Labute approximate surface area is 179 Å². The minimum atomic E-state index is -0.147. The van der Waals surface area contributed by atoms with Gasteiger partial charge in [0.15, 0.2) is 0 Å². The van der Waals surface area contributed by atoms with Crippen LogP contribution >= 0.6 is 23.2 Å². The van der Waals surface area contributed by atoms with E-state index in [4.69, 9.17) is 23.2 Å². The van der Waals surface area contributed by atoms with E-state index in [-0.39, 0.29) is 11.1 Å². The predicted molar refractivity (Wildman–Crippen MR) is 122 cm³/mol. The molecule has 0 fully saturated rings. The molecule has 0 atom stereocenters. The molecular formula is C24H22Cl2N2O. The van der Waals surface area contributed by atoms with Crippen molar-refractivity contribution in [3.63, 3.8) is 0 Å². The van der Waals surface area contributed by atoms with E-state index in [1.165, 1.54) is 5.56 Å². The van der Waals surface area contributed by atoms with E-state index >= 15 is 0 Å². The molecule has 0 saturated carbocycles. The van der Waals surface area contributed by atoms with Gasteiger partial charge in [0.2, 0.25) is 0 Å². The first kappa shape index (κ1) is 19.8. The van der Waals surface area contributed by atoms with Crippen molar-refractivity contribution in [1.82, 2.24) is 9.55 Å². The quantitative estimate of drug-likeness (QED) is 0.392. The average Bonchev–Trinajstić information content (AvgIpc) is 2.98. The first-order chi connectivity index (χ1) is 13.7. The number of aromatic nitrogens is 2. The number of rotatable bonds is 3. The lowest BCUT2D eigenvalue weighted by atomic mass is 9.86. The third-order valence-electron chi connectivity index (χ3n) is 5.18. The number of hydrogen-bond donors (Lipinski definition) is 1. The first-order valence-corrected chi connectivity index (χ1v) is 10.3. The summed E-state index contributed by atoms with van der Waals surface area (Å²) in [5.74, 6) is 0. The lowest BCUT2D eigenvalue weighted by Crippen LogP contribution is -2.17. The van der Waals surface area contributed by atoms with Crippen LogP contribution in [0.5, 0.6) is 0 Å². The van der Waals surface area contributed by atoms with Gasteiger partial charge in [-0.1, -0.05) is 80.4 Å². The molecule has 148 valence electrons. The third kappa shape index (κ3) is 3.98. The molecule has 3 nitrogen and oxygen atoms in total. The molecule has 0 saturated heterocycles. The van der Waals surface area contributed by atoms with Crippen molar-refractivity contribution in [3.05, 3.63) is 92.3 Å². The summed E-state index contributed by atoms with van der Waals surface area (Å²) < 4.78 is 1.71. The zero-order valence-electron chi connectivity index (χ0n) is 16.6. The third-order valence-corrected chi connectivity index (χ3v) is 5.92. The number of aromatic amines is 1. The summed E-state index contributed by atoms with van der Waals surface area (Å²) in [4.78, 5) is 15.5. The molecule has 1 aromatic heterocycles. The van der Waals surface area contributed by atoms with Crippen molar-refractivity contribution >= 4 is 34.2 Å². The largest absolute Gasteiger partial charge is 0.326 e. The van der Waals surface area contributed by atoms with Gasteiger partial charge in [-0.25, -0.2) is 4.79 Å². The monoisotopic (exact) mass is 424 g/mol. The van der Waals surface area contributed by atoms with Gasteiger partial charge in [0.05, 0.1) is 27.6 Å². The fourth-order valence-electron chi connectivity index (χ4n) is 3.48. The summed E-state index contributed by atoms with van der Waals surface area (Å²) in [7, 11) is 0. The van der Waals surface area contributed by atoms with Crippen molar-refractivity contribution in [3.8, 4) is 11.1 Å². The Hall–Kier alpha value is -2.49. The molecule has 3 aromatic carbocycles. The fraction of sp³-hybridized carbons (Fsp3) is 0.208. The van der Waals surface area contributed by atoms with E-state index in [0.717, 1.165) is 27.7 Å². The molecule has 0 bridgehead atoms. The molecule has 4 rings (SSSR count). The van der Waals surface area contributed by atoms with Crippen LogP contribution in [0.4, 0.5) is 0 Å². The van der Waals surface area contributed by atoms with Crippen molar-refractivity contribution in [1.29, 1.82) is 0 Å². The Morgan fingerprint density at radius 2 is 1.55 bits per heavy atom. The van der Waals surface area contributed by atoms with Crippen LogP contribution in [0.15, 0.2) is 65.5 Å². The second kappa shape index (κ2) is 7.40. The highest BCUT2D eigenvalue weighted by Gasteiger charge is 2.14. The normalized spacial score (nSPS) is 11.9. The fourth-order valence-corrected chi connectivity index (χ4v) is 3.80. The SMILES string of the molecule is CC(C)(C)c1ccc(-c2ccc3c(c2)[nH]c(=O)n3Cc2ccc(Cl)c(Cl)c2)cc1. The van der Waals surface area contributed by atoms with Crippen LogP contribution < -0.4 is 5.69 Å². The van der Waals surface area contributed by atoms with E-state index in [2.05, 4.69) is 50.0 Å². The lowest BCUT2D eigenvalue weighted by Gasteiger charge is -2.19. The van der Waals surface area contributed by atoms with Crippen LogP contribution in [0.3, 0.4) is 0 Å². The highest BCUT2D eigenvalue weighted by molar-refractivity contribution is 6.42. The van der Waals surface area contributed by atoms with Gasteiger partial charge in [0, 0.05) is 0 Å². The molecule has 0 unspecified atom stereocenters. The second-order valence-corrected chi connectivity index (χ2v) is 9.14. The molecular weight excluding hydrogens is 403 g/mol. The standard InChI is InChI=1S/C24H22Cl2N2O/c1-24(2,3)18-8-5-16(6-9-18)17-7-11-22-21(13-17)27-23(29)28(22)14-15-4-10-19(25)20(26)12-15/h4-13H,14H2,1-3H3,(H,27,29). The molecule has 4 aromatic rings. The van der Waals surface area contributed by atoms with E-state index < -0.39 is 0 Å². The minimum absolute atomic E-state index is 0.121. The summed E-state index contributed by atoms with van der Waals surface area (Å²) in [6, 6.07) is 20.1. The molecule has 0 aliphatic heterocycles. The van der Waals surface area contributed by atoms with Crippen LogP contribution in [0.1, 0.15) is 31.9 Å². The molecule has 29 heavy (non-hydrogen) atoms. The van der Waals surface area contributed by atoms with Gasteiger partial charge in [-0.15, -0.1) is 0 Å². The number of fused-ring (bicyclic) bond motifs is 1. The molecule has 1 heterocycles. The number of H-pyrrole nitrogens is 1. The Morgan fingerprint density at radius 1 is 0.862 bits per heavy atom. The van der Waals surface area contributed by atoms with Crippen LogP contribution in [-0.2, 0) is 12.0 Å². The lowest BCUT2D eigenvalue weighted by molar-refractivity contribution is 0.590. The molecule has 0 aliphatic carbocycles. The number of imidazole rings is 1. The number of benzene rings is 3. The van der Waals surface area contributed by atoms with Gasteiger partial charge in [-0.2, -0.15) is 0 Å². The van der Waals surface area contributed by atoms with E-state index in [9.17, 15) is 4.79 Å². The topological polar surface area (TPSA) is 37.8 Å². The van der Waals surface area contributed by atoms with Gasteiger partial charge in [-0.3, -0.25) is 4.57 Å². The molecule has 5 heteroatoms. The summed E-state index contributed by atoms with van der Waals surface area (Å²) in [6.45, 7) is 7.04. The highest BCUT2D eigenvalue weighted by Crippen LogP contribution is 2.28. The Kier molecular flexibility index (Phi) is 5.05. The minimum Gasteiger partial charge on any atom is -0.306 e. The number of nitrogens with one attached hydrogen (secondary N) is 1. The summed E-state index contributed by atoms with van der Waals surface area (Å²) in [5.41, 5.74) is 6.05. The summed E-state index contributed by atoms with van der Waals surface area (Å²) in [5, 5.41) is 0.988. The van der Waals surface area contributed by atoms with Gasteiger partial charge in [0.25, 0.3) is 0 Å². The van der Waals surface area contributed by atoms with E-state index in [1.807, 2.05) is 24.3 Å². The van der Waals surface area contributed by atoms with Crippen molar-refractivity contribution in [2.45, 2.75) is 32.7 Å². The maximum Gasteiger partial charge on any atom is 0.326 e. The Bertz CT molecular complexity index is 1240. The van der Waals surface area contributed by atoms with Gasteiger partial charge in [-0.05, 0) is 51.9 Å². The maximum absolute atomic E-state index is 12.5. The first-order valence-electron chi connectivity index (χ1n) is 9.50. The smallest absolute Gasteiger partial charge is 0.306 e. The zero-order chi connectivity index (χ0) is 20.8. The van der Waals surface area contributed by atoms with Crippen molar-refractivity contribution < 1.29 is 0 Å². The zero-order valence-corrected chi connectivity index (χ0v) is 18.1. The molecule has 0 spiro atoms. The van der Waals surface area contributed by atoms with Crippen molar-refractivity contribution in [2.75, 3.05) is 0 Å². The average molecular weight is 425 g/mol. The number of hydrogen-bond acceptors (Lipinski definition) is 1. The molecule has 0 aliphatic rings.